The second-order valence-corrected chi connectivity index (χ2v) is 20.4. The Labute approximate surface area is 396 Å². The normalized spacial score (nSPS) is 23.8. The summed E-state index contributed by atoms with van der Waals surface area (Å²) in [5, 5.41) is 31.6. The molecular formula is C55H110O9. The van der Waals surface area contributed by atoms with E-state index in [1.807, 2.05) is 0 Å². The number of ether oxygens (including phenoxy) is 1. The Kier molecular flexibility index (Phi) is 49.1. The predicted molar refractivity (Wildman–Crippen MR) is 271 cm³/mol. The first-order chi connectivity index (χ1) is 30.1. The van der Waals surface area contributed by atoms with Crippen molar-refractivity contribution in [1.82, 2.24) is 0 Å². The molecule has 6 unspecified atom stereocenters. The standard InChI is InChI=1S/C8H12O2.C7H12.C6H10.C5H10O.4C5H12.3C3H6O2/c9-8(10)4-7-5-2-1-3-6(5)7;1-2-4-7-5-6(7)3-1;1-2-5-4-6(5)3-1;1-2-4-6-5-3-1;4*1-4-5(2)3;3*1-2-3(4)5/h5-7H,1-4H2,(H,9,10);6-7H,1-5H2;5-6H,1-4H2;1-5H2;4*5H,4H2,1-3H3;3*2H2,1H3,(H,4,5). The molecule has 1 heterocycles. The fourth-order valence-corrected chi connectivity index (χ4v) is 6.65. The van der Waals surface area contributed by atoms with Crippen LogP contribution < -0.4 is 0 Å². The Hall–Kier alpha value is -2.16. The number of carboxylic acid groups (broad SMARTS) is 4. The molecule has 4 N–H and O–H groups in total. The van der Waals surface area contributed by atoms with Gasteiger partial charge in [-0.15, -0.1) is 0 Å². The smallest absolute Gasteiger partial charge is 0.303 e. The van der Waals surface area contributed by atoms with Gasteiger partial charge in [-0.3, -0.25) is 19.2 Å². The van der Waals surface area contributed by atoms with Gasteiger partial charge in [0.1, 0.15) is 0 Å². The summed E-state index contributed by atoms with van der Waals surface area (Å²) >= 11 is 0. The Balaban J connectivity index is -0.000000313. The first kappa shape index (κ1) is 68.4. The van der Waals surface area contributed by atoms with E-state index in [1.54, 1.807) is 59.3 Å². The molecule has 6 saturated carbocycles. The van der Waals surface area contributed by atoms with Crippen LogP contribution in [0.5, 0.6) is 0 Å². The molecule has 7 rings (SSSR count). The molecule has 0 aromatic rings. The monoisotopic (exact) mass is 915 g/mol. The zero-order valence-electron chi connectivity index (χ0n) is 44.9. The molecule has 9 heteroatoms. The Morgan fingerprint density at radius 1 is 0.406 bits per heavy atom. The number of rotatable bonds is 9. The molecule has 0 spiro atoms. The van der Waals surface area contributed by atoms with Crippen molar-refractivity contribution in [2.45, 2.75) is 252 Å². The van der Waals surface area contributed by atoms with Crippen LogP contribution in [0, 0.1) is 65.1 Å². The highest BCUT2D eigenvalue weighted by Crippen LogP contribution is 2.59. The summed E-state index contributed by atoms with van der Waals surface area (Å²) in [5.41, 5.74) is 0. The van der Waals surface area contributed by atoms with Gasteiger partial charge in [0, 0.05) is 38.9 Å². The van der Waals surface area contributed by atoms with E-state index in [2.05, 4.69) is 83.1 Å². The average molecular weight is 915 g/mol. The van der Waals surface area contributed by atoms with Crippen LogP contribution in [-0.2, 0) is 23.9 Å². The van der Waals surface area contributed by atoms with E-state index in [0.717, 1.165) is 48.7 Å². The van der Waals surface area contributed by atoms with Crippen LogP contribution in [0.25, 0.3) is 0 Å². The van der Waals surface area contributed by atoms with Crippen molar-refractivity contribution in [2.24, 2.45) is 65.1 Å². The van der Waals surface area contributed by atoms with E-state index in [1.165, 1.54) is 107 Å². The van der Waals surface area contributed by atoms with Gasteiger partial charge in [-0.05, 0) is 110 Å². The van der Waals surface area contributed by atoms with Crippen LogP contribution in [0.4, 0.5) is 0 Å². The summed E-state index contributed by atoms with van der Waals surface area (Å²) in [6.07, 6.45) is 28.2. The highest BCUT2D eigenvalue weighted by molar-refractivity contribution is 5.68. The first-order valence-electron chi connectivity index (χ1n) is 26.6. The average Bonchev–Trinajstić information content (AvgIpc) is 4.24. The van der Waals surface area contributed by atoms with Gasteiger partial charge in [0.2, 0.25) is 0 Å². The molecule has 9 nitrogen and oxygen atoms in total. The minimum atomic E-state index is -0.745. The van der Waals surface area contributed by atoms with Crippen molar-refractivity contribution in [2.75, 3.05) is 13.2 Å². The third kappa shape index (κ3) is 52.5. The van der Waals surface area contributed by atoms with E-state index in [9.17, 15) is 19.2 Å². The molecule has 64 heavy (non-hydrogen) atoms. The number of hydrogen-bond donors (Lipinski definition) is 4. The zero-order chi connectivity index (χ0) is 50.0. The lowest BCUT2D eigenvalue weighted by atomic mass is 10.0. The lowest BCUT2D eigenvalue weighted by Crippen LogP contribution is -2.03. The molecule has 0 aromatic heterocycles. The topological polar surface area (TPSA) is 158 Å². The van der Waals surface area contributed by atoms with E-state index in [-0.39, 0.29) is 19.3 Å². The van der Waals surface area contributed by atoms with Crippen LogP contribution in [0.15, 0.2) is 0 Å². The number of hydrogen-bond acceptors (Lipinski definition) is 5. The second kappa shape index (κ2) is 46.0. The molecule has 0 radical (unpaired) electrons. The van der Waals surface area contributed by atoms with Gasteiger partial charge >= 0.3 is 23.9 Å². The Bertz CT molecular complexity index is 963. The van der Waals surface area contributed by atoms with Crippen LogP contribution in [-0.4, -0.2) is 57.5 Å². The summed E-state index contributed by atoms with van der Waals surface area (Å²) in [5.74, 6) is 7.69. The molecule has 384 valence electrons. The molecule has 6 atom stereocenters. The SMILES string of the molecule is C1CC2CC2C1.C1CCC2CC2C1.C1CCOCC1.CCC(=O)O.CCC(=O)O.CCC(=O)O.CCC(C)C.CCC(C)C.CCC(C)C.CCC(C)C.O=C(O)CC1C2CCCC21. The number of carboxylic acids is 4. The minimum Gasteiger partial charge on any atom is -0.481 e. The Morgan fingerprint density at radius 2 is 0.656 bits per heavy atom. The van der Waals surface area contributed by atoms with Crippen molar-refractivity contribution in [3.8, 4) is 0 Å². The summed E-state index contributed by atoms with van der Waals surface area (Å²) < 4.78 is 5.07. The molecule has 1 saturated heterocycles. The lowest BCUT2D eigenvalue weighted by molar-refractivity contribution is -0.138. The largest absolute Gasteiger partial charge is 0.481 e. The quantitative estimate of drug-likeness (QED) is 0.177. The van der Waals surface area contributed by atoms with Crippen LogP contribution in [0.2, 0.25) is 0 Å². The third-order valence-electron chi connectivity index (χ3n) is 12.9. The molecule has 7 fully saturated rings. The van der Waals surface area contributed by atoms with Crippen molar-refractivity contribution >= 4 is 23.9 Å². The van der Waals surface area contributed by atoms with Crippen molar-refractivity contribution in [1.29, 1.82) is 0 Å². The maximum Gasteiger partial charge on any atom is 0.303 e. The molecule has 7 aliphatic rings. The van der Waals surface area contributed by atoms with Crippen LogP contribution in [0.3, 0.4) is 0 Å². The number of carbonyl (C=O) groups is 4. The second-order valence-electron chi connectivity index (χ2n) is 20.4. The van der Waals surface area contributed by atoms with Gasteiger partial charge < -0.3 is 25.2 Å². The molecule has 6 aliphatic carbocycles. The van der Waals surface area contributed by atoms with Gasteiger partial charge in [-0.25, -0.2) is 0 Å². The first-order valence-corrected chi connectivity index (χ1v) is 26.6. The zero-order valence-corrected chi connectivity index (χ0v) is 44.9. The predicted octanol–water partition coefficient (Wildman–Crippen LogP) is 16.3. The highest BCUT2D eigenvalue weighted by atomic mass is 16.5. The van der Waals surface area contributed by atoms with Crippen LogP contribution in [0.1, 0.15) is 252 Å². The third-order valence-corrected chi connectivity index (χ3v) is 12.9. The van der Waals surface area contributed by atoms with Gasteiger partial charge in [0.15, 0.2) is 0 Å². The van der Waals surface area contributed by atoms with Crippen molar-refractivity contribution in [3.05, 3.63) is 0 Å². The van der Waals surface area contributed by atoms with Gasteiger partial charge in [0.05, 0.1) is 0 Å². The van der Waals surface area contributed by atoms with E-state index >= 15 is 0 Å². The molecule has 0 aromatic carbocycles. The molecule has 0 bridgehead atoms. The number of aliphatic carboxylic acids is 4. The van der Waals surface area contributed by atoms with E-state index in [4.69, 9.17) is 25.2 Å². The van der Waals surface area contributed by atoms with Gasteiger partial charge in [-0.1, -0.05) is 181 Å². The maximum absolute atomic E-state index is 10.3. The van der Waals surface area contributed by atoms with Gasteiger partial charge in [0.25, 0.3) is 0 Å². The highest BCUT2D eigenvalue weighted by Gasteiger charge is 2.52. The summed E-state index contributed by atoms with van der Waals surface area (Å²) in [6, 6.07) is 0. The lowest BCUT2D eigenvalue weighted by Gasteiger charge is -2.08. The van der Waals surface area contributed by atoms with E-state index < -0.39 is 23.9 Å². The van der Waals surface area contributed by atoms with E-state index in [0.29, 0.717) is 12.3 Å². The fourth-order valence-electron chi connectivity index (χ4n) is 6.65. The molecule has 0 amide bonds. The van der Waals surface area contributed by atoms with Gasteiger partial charge in [-0.2, -0.15) is 0 Å². The number of fused-ring (bicyclic) bond motifs is 3. The van der Waals surface area contributed by atoms with Crippen molar-refractivity contribution < 1.29 is 44.3 Å². The summed E-state index contributed by atoms with van der Waals surface area (Å²) in [7, 11) is 0. The summed E-state index contributed by atoms with van der Waals surface area (Å²) in [4.78, 5) is 38.4. The van der Waals surface area contributed by atoms with Crippen molar-refractivity contribution in [3.63, 3.8) is 0 Å². The summed E-state index contributed by atoms with van der Waals surface area (Å²) in [6.45, 7) is 33.4. The van der Waals surface area contributed by atoms with Crippen LogP contribution >= 0.6 is 0 Å². The fraction of sp³-hybridized carbons (Fsp3) is 0.927. The Morgan fingerprint density at radius 3 is 0.812 bits per heavy atom. The minimum absolute atomic E-state index is 0.222. The maximum atomic E-state index is 10.3. The molecular weight excluding hydrogens is 805 g/mol. The molecule has 1 aliphatic heterocycles.